The molecule has 1 spiro atoms. The molecule has 0 saturated carbocycles. The van der Waals surface area contributed by atoms with E-state index in [-0.39, 0.29) is 30.9 Å². The third-order valence-electron chi connectivity index (χ3n) is 8.00. The molecule has 8 heteroatoms. The van der Waals surface area contributed by atoms with Crippen molar-refractivity contribution in [3.8, 4) is 0 Å². The van der Waals surface area contributed by atoms with Crippen LogP contribution in [0.25, 0.3) is 0 Å². The number of aliphatic hydroxyl groups is 1. The van der Waals surface area contributed by atoms with Crippen molar-refractivity contribution in [2.45, 2.75) is 43.6 Å². The van der Waals surface area contributed by atoms with Crippen molar-refractivity contribution >= 4 is 17.7 Å². The van der Waals surface area contributed by atoms with Gasteiger partial charge in [-0.15, -0.1) is 0 Å². The summed E-state index contributed by atoms with van der Waals surface area (Å²) in [6.45, 7) is 3.34. The smallest absolute Gasteiger partial charge is 0.249 e. The lowest BCUT2D eigenvalue weighted by atomic mass is 9.73. The Morgan fingerprint density at radius 2 is 1.74 bits per heavy atom. The number of aliphatic hydroxyl groups excluding tert-OH is 1. The van der Waals surface area contributed by atoms with Crippen LogP contribution in [0, 0.1) is 11.8 Å². The monoisotopic (exact) mass is 479 g/mol. The molecular formula is C27H33N3O5. The molecule has 5 atom stereocenters. The summed E-state index contributed by atoms with van der Waals surface area (Å²) in [7, 11) is 1.74. The van der Waals surface area contributed by atoms with E-state index in [4.69, 9.17) is 4.74 Å². The Bertz CT molecular complexity index is 1070. The number of fused-ring (bicyclic) bond motifs is 2. The van der Waals surface area contributed by atoms with E-state index in [1.54, 1.807) is 21.7 Å². The van der Waals surface area contributed by atoms with Crippen LogP contribution in [0.5, 0.6) is 0 Å². The van der Waals surface area contributed by atoms with E-state index in [2.05, 4.69) is 0 Å². The largest absolute Gasteiger partial charge is 0.396 e. The number of likely N-dealkylation sites (tertiary alicyclic amines) is 1. The molecule has 4 aliphatic heterocycles. The molecule has 0 bridgehead atoms. The minimum Gasteiger partial charge on any atom is -0.396 e. The molecule has 1 aromatic carbocycles. The van der Waals surface area contributed by atoms with Gasteiger partial charge in [-0.2, -0.15) is 0 Å². The molecule has 1 aromatic rings. The normalized spacial score (nSPS) is 34.1. The van der Waals surface area contributed by atoms with Crippen LogP contribution in [-0.2, 0) is 25.7 Å². The molecule has 186 valence electrons. The Kier molecular flexibility index (Phi) is 6.05. The van der Waals surface area contributed by atoms with E-state index in [1.165, 1.54) is 0 Å². The van der Waals surface area contributed by atoms with Crippen molar-refractivity contribution in [3.63, 3.8) is 0 Å². The highest BCUT2D eigenvalue weighted by molar-refractivity contribution is 6.00. The number of carbonyl (C=O) groups is 3. The van der Waals surface area contributed by atoms with E-state index in [0.29, 0.717) is 32.5 Å². The number of hydrogen-bond donors (Lipinski definition) is 1. The zero-order chi connectivity index (χ0) is 24.8. The number of ether oxygens (including phenoxy) is 1. The summed E-state index contributed by atoms with van der Waals surface area (Å²) in [5, 5.41) is 9.51. The molecule has 0 aliphatic carbocycles. The average molecular weight is 480 g/mol. The molecule has 4 aliphatic rings. The van der Waals surface area contributed by atoms with Crippen LogP contribution in [-0.4, -0.2) is 88.1 Å². The molecular weight excluding hydrogens is 446 g/mol. The van der Waals surface area contributed by atoms with E-state index >= 15 is 0 Å². The maximum Gasteiger partial charge on any atom is 0.249 e. The van der Waals surface area contributed by atoms with Gasteiger partial charge in [0.15, 0.2) is 0 Å². The summed E-state index contributed by atoms with van der Waals surface area (Å²) in [6.07, 6.45) is 8.49. The molecule has 4 heterocycles. The van der Waals surface area contributed by atoms with Gasteiger partial charge in [-0.25, -0.2) is 0 Å². The molecule has 8 nitrogen and oxygen atoms in total. The number of hydrogen-bond acceptors (Lipinski definition) is 5. The number of rotatable bonds is 6. The van der Waals surface area contributed by atoms with Crippen LogP contribution in [0.2, 0.25) is 0 Å². The summed E-state index contributed by atoms with van der Waals surface area (Å²) >= 11 is 0. The van der Waals surface area contributed by atoms with E-state index in [0.717, 1.165) is 5.56 Å². The lowest BCUT2D eigenvalue weighted by Crippen LogP contribution is -2.56. The Balaban J connectivity index is 1.61. The predicted octanol–water partition coefficient (Wildman–Crippen LogP) is 1.36. The second-order valence-corrected chi connectivity index (χ2v) is 9.96. The highest BCUT2D eigenvalue weighted by Gasteiger charge is 2.75. The first-order chi connectivity index (χ1) is 16.9. The van der Waals surface area contributed by atoms with Gasteiger partial charge in [-0.3, -0.25) is 14.4 Å². The summed E-state index contributed by atoms with van der Waals surface area (Å²) < 4.78 is 6.85. The molecule has 2 fully saturated rings. The van der Waals surface area contributed by atoms with Gasteiger partial charge in [0, 0.05) is 39.8 Å². The number of benzene rings is 1. The maximum absolute atomic E-state index is 14.1. The average Bonchev–Trinajstić information content (AvgIpc) is 3.16. The molecule has 35 heavy (non-hydrogen) atoms. The highest BCUT2D eigenvalue weighted by atomic mass is 16.5. The van der Waals surface area contributed by atoms with Crippen LogP contribution in [0.3, 0.4) is 0 Å². The van der Waals surface area contributed by atoms with Gasteiger partial charge < -0.3 is 24.5 Å². The summed E-state index contributed by atoms with van der Waals surface area (Å²) in [5.41, 5.74) is -1.20. The Morgan fingerprint density at radius 3 is 2.46 bits per heavy atom. The third kappa shape index (κ3) is 3.53. The summed E-state index contributed by atoms with van der Waals surface area (Å²) in [4.78, 5) is 46.7. The molecule has 0 aromatic heterocycles. The zero-order valence-electron chi connectivity index (χ0n) is 20.3. The van der Waals surface area contributed by atoms with Crippen molar-refractivity contribution in [1.82, 2.24) is 14.7 Å². The van der Waals surface area contributed by atoms with Crippen molar-refractivity contribution < 1.29 is 24.2 Å². The molecule has 1 N–H and O–H groups in total. The number of likely N-dealkylation sites (N-methyl/N-ethyl adjacent to an activating group) is 1. The summed E-state index contributed by atoms with van der Waals surface area (Å²) in [5.74, 6) is -2.11. The fourth-order valence-corrected chi connectivity index (χ4v) is 6.36. The van der Waals surface area contributed by atoms with Crippen LogP contribution < -0.4 is 0 Å². The van der Waals surface area contributed by atoms with Gasteiger partial charge in [-0.05, 0) is 18.4 Å². The van der Waals surface area contributed by atoms with Crippen LogP contribution in [0.4, 0.5) is 0 Å². The number of amides is 3. The Morgan fingerprint density at radius 1 is 1.00 bits per heavy atom. The van der Waals surface area contributed by atoms with Crippen molar-refractivity contribution in [2.24, 2.45) is 11.8 Å². The second kappa shape index (κ2) is 8.91. The van der Waals surface area contributed by atoms with Gasteiger partial charge in [0.2, 0.25) is 17.7 Å². The van der Waals surface area contributed by atoms with Crippen LogP contribution >= 0.6 is 0 Å². The highest BCUT2D eigenvalue weighted by Crippen LogP contribution is 2.58. The minimum absolute atomic E-state index is 0.0977. The first-order valence-electron chi connectivity index (χ1n) is 12.4. The SMILES string of the molecule is CC[C@@]12C=CCN(C)C(=O)[C@@H]1[C@H]1C(=O)N(CCCO)C3C(=O)N(Cc4ccccc4)CC=C[C@@]31O2. The van der Waals surface area contributed by atoms with Gasteiger partial charge >= 0.3 is 0 Å². The third-order valence-corrected chi connectivity index (χ3v) is 8.00. The Labute approximate surface area is 205 Å². The lowest BCUT2D eigenvalue weighted by molar-refractivity contribution is -0.154. The quantitative estimate of drug-likeness (QED) is 0.623. The standard InChI is InChI=1S/C27H33N3O5/c1-3-26-12-7-14-28(2)23(32)20(26)21-24(33)30(16-9-17-31)22-25(34)29(15-8-13-27(21,22)35-26)18-19-10-5-4-6-11-19/h4-8,10-13,20-22,31H,3,9,14-18H2,1-2H3/t20-,21-,22?,26+,27-/m0/s1. The molecule has 5 rings (SSSR count). The second-order valence-electron chi connectivity index (χ2n) is 9.96. The van der Waals surface area contributed by atoms with Crippen molar-refractivity contribution in [1.29, 1.82) is 0 Å². The Hall–Kier alpha value is -2.97. The maximum atomic E-state index is 14.1. The van der Waals surface area contributed by atoms with Crippen molar-refractivity contribution in [3.05, 3.63) is 60.2 Å². The molecule has 3 amide bonds. The zero-order valence-corrected chi connectivity index (χ0v) is 20.3. The number of carbonyl (C=O) groups excluding carboxylic acids is 3. The molecule has 1 unspecified atom stereocenters. The topological polar surface area (TPSA) is 90.4 Å². The fourth-order valence-electron chi connectivity index (χ4n) is 6.36. The minimum atomic E-state index is -1.24. The van der Waals surface area contributed by atoms with Crippen molar-refractivity contribution in [2.75, 3.05) is 33.3 Å². The molecule has 0 radical (unpaired) electrons. The van der Waals surface area contributed by atoms with E-state index < -0.39 is 29.1 Å². The van der Waals surface area contributed by atoms with E-state index in [1.807, 2.05) is 61.6 Å². The fraction of sp³-hybridized carbons (Fsp3) is 0.519. The van der Waals surface area contributed by atoms with Gasteiger partial charge in [0.1, 0.15) is 11.6 Å². The lowest BCUT2D eigenvalue weighted by Gasteiger charge is -2.38. The molecule has 2 saturated heterocycles. The van der Waals surface area contributed by atoms with Gasteiger partial charge in [-0.1, -0.05) is 61.6 Å². The van der Waals surface area contributed by atoms with Gasteiger partial charge in [0.25, 0.3) is 0 Å². The first-order valence-corrected chi connectivity index (χ1v) is 12.4. The van der Waals surface area contributed by atoms with Crippen LogP contribution in [0.15, 0.2) is 54.6 Å². The summed E-state index contributed by atoms with van der Waals surface area (Å²) in [6, 6.07) is 8.85. The first kappa shape index (κ1) is 23.8. The number of nitrogens with zero attached hydrogens (tertiary/aromatic N) is 3. The van der Waals surface area contributed by atoms with Crippen LogP contribution in [0.1, 0.15) is 25.3 Å². The van der Waals surface area contributed by atoms with E-state index in [9.17, 15) is 19.5 Å². The van der Waals surface area contributed by atoms with Gasteiger partial charge in [0.05, 0.1) is 17.4 Å². The predicted molar refractivity (Wildman–Crippen MR) is 129 cm³/mol.